The summed E-state index contributed by atoms with van der Waals surface area (Å²) in [6.45, 7) is 0. The second-order valence-electron chi connectivity index (χ2n) is 15.5. The van der Waals surface area contributed by atoms with Gasteiger partial charge >= 0.3 is 0 Å². The van der Waals surface area contributed by atoms with Gasteiger partial charge in [-0.25, -0.2) is 0 Å². The van der Waals surface area contributed by atoms with Crippen LogP contribution in [-0.2, 0) is 0 Å². The molecule has 58 heavy (non-hydrogen) atoms. The zero-order valence-electron chi connectivity index (χ0n) is 31.3. The standard InChI is InChI=1S/C56H32OS/c1-2-12-34-29-37(24-21-33(34)11-1)53-43-16-5-7-18-45(43)54(46-19-8-6-17-44(46)53)47-26-25-39(40-13-3-4-14-41(40)47)36-23-22-35-32-52-50(31-38(35)30-36)49-28-27-48-42-15-9-10-20-51(42)57-55(48)56(49)58-52/h1-32H. The quantitative estimate of drug-likeness (QED) is 0.164. The number of benzene rings is 11. The molecule has 0 N–H and O–H groups in total. The van der Waals surface area contributed by atoms with Crippen LogP contribution < -0.4 is 0 Å². The molecular weight excluding hydrogens is 721 g/mol. The number of hydrogen-bond acceptors (Lipinski definition) is 2. The molecule has 13 rings (SSSR count). The monoisotopic (exact) mass is 752 g/mol. The molecule has 0 atom stereocenters. The Hall–Kier alpha value is -7.26. The van der Waals surface area contributed by atoms with Gasteiger partial charge in [-0.15, -0.1) is 11.3 Å². The highest BCUT2D eigenvalue weighted by Gasteiger charge is 2.20. The zero-order chi connectivity index (χ0) is 37.9. The fourth-order valence-corrected chi connectivity index (χ4v) is 11.0. The molecule has 2 aromatic heterocycles. The third-order valence-corrected chi connectivity index (χ3v) is 13.6. The molecule has 0 fully saturated rings. The molecule has 0 radical (unpaired) electrons. The van der Waals surface area contributed by atoms with Crippen LogP contribution in [-0.4, -0.2) is 0 Å². The van der Waals surface area contributed by atoms with Crippen molar-refractivity contribution < 1.29 is 4.42 Å². The minimum absolute atomic E-state index is 0.940. The Morgan fingerprint density at radius 1 is 0.310 bits per heavy atom. The van der Waals surface area contributed by atoms with Crippen LogP contribution in [0.15, 0.2) is 199 Å². The molecule has 13 aromatic rings. The first-order valence-electron chi connectivity index (χ1n) is 19.9. The van der Waals surface area contributed by atoms with Gasteiger partial charge in [0.15, 0.2) is 5.58 Å². The summed E-state index contributed by atoms with van der Waals surface area (Å²) in [5, 5.41) is 17.4. The lowest BCUT2D eigenvalue weighted by Gasteiger charge is -2.20. The van der Waals surface area contributed by atoms with E-state index in [0.717, 1.165) is 11.2 Å². The summed E-state index contributed by atoms with van der Waals surface area (Å²) < 4.78 is 8.95. The fraction of sp³-hybridized carbons (Fsp3) is 0. The van der Waals surface area contributed by atoms with Gasteiger partial charge in [0.2, 0.25) is 0 Å². The molecule has 0 spiro atoms. The Balaban J connectivity index is 0.999. The van der Waals surface area contributed by atoms with Crippen LogP contribution in [0.3, 0.4) is 0 Å². The van der Waals surface area contributed by atoms with Gasteiger partial charge in [-0.3, -0.25) is 0 Å². The van der Waals surface area contributed by atoms with E-state index in [0.29, 0.717) is 0 Å². The predicted octanol–water partition coefficient (Wildman–Crippen LogP) is 16.7. The molecular formula is C56H32OS. The molecule has 0 aliphatic heterocycles. The van der Waals surface area contributed by atoms with Crippen molar-refractivity contribution in [3.05, 3.63) is 194 Å². The molecule has 1 nitrogen and oxygen atoms in total. The van der Waals surface area contributed by atoms with Crippen molar-refractivity contribution in [2.75, 3.05) is 0 Å². The largest absolute Gasteiger partial charge is 0.455 e. The number of thiophene rings is 1. The van der Waals surface area contributed by atoms with E-state index in [9.17, 15) is 0 Å². The number of fused-ring (bicyclic) bond motifs is 12. The number of rotatable bonds is 3. The molecule has 0 amide bonds. The molecule has 268 valence electrons. The van der Waals surface area contributed by atoms with Crippen molar-refractivity contribution >= 4 is 107 Å². The summed E-state index contributed by atoms with van der Waals surface area (Å²) >= 11 is 1.83. The Morgan fingerprint density at radius 2 is 0.862 bits per heavy atom. The first kappa shape index (κ1) is 31.9. The summed E-state index contributed by atoms with van der Waals surface area (Å²) in [6.07, 6.45) is 0. The summed E-state index contributed by atoms with van der Waals surface area (Å²) in [7, 11) is 0. The predicted molar refractivity (Wildman–Crippen MR) is 250 cm³/mol. The Morgan fingerprint density at radius 3 is 1.64 bits per heavy atom. The van der Waals surface area contributed by atoms with Crippen molar-refractivity contribution in [2.24, 2.45) is 0 Å². The zero-order valence-corrected chi connectivity index (χ0v) is 32.1. The number of hydrogen-bond donors (Lipinski definition) is 0. The van der Waals surface area contributed by atoms with Gasteiger partial charge in [0.05, 0.1) is 4.70 Å². The minimum atomic E-state index is 0.940. The van der Waals surface area contributed by atoms with Crippen molar-refractivity contribution in [1.29, 1.82) is 0 Å². The second kappa shape index (κ2) is 12.1. The Labute approximate surface area is 337 Å². The molecule has 0 aliphatic carbocycles. The molecule has 0 aliphatic rings. The van der Waals surface area contributed by atoms with Crippen molar-refractivity contribution in [3.8, 4) is 33.4 Å². The van der Waals surface area contributed by atoms with E-state index >= 15 is 0 Å². The molecule has 0 unspecified atom stereocenters. The molecule has 2 heteroatoms. The summed E-state index contributed by atoms with van der Waals surface area (Å²) in [5.41, 5.74) is 9.44. The highest BCUT2D eigenvalue weighted by molar-refractivity contribution is 7.26. The topological polar surface area (TPSA) is 13.1 Å². The van der Waals surface area contributed by atoms with E-state index in [1.165, 1.54) is 118 Å². The first-order chi connectivity index (χ1) is 28.7. The summed E-state index contributed by atoms with van der Waals surface area (Å²) in [5.74, 6) is 0. The van der Waals surface area contributed by atoms with E-state index in [2.05, 4.69) is 188 Å². The molecule has 2 heterocycles. The molecule has 0 bridgehead atoms. The lowest BCUT2D eigenvalue weighted by atomic mass is 9.83. The van der Waals surface area contributed by atoms with Gasteiger partial charge in [-0.05, 0) is 124 Å². The van der Waals surface area contributed by atoms with E-state index in [4.69, 9.17) is 4.42 Å². The smallest absolute Gasteiger partial charge is 0.153 e. The summed E-state index contributed by atoms with van der Waals surface area (Å²) in [4.78, 5) is 0. The normalized spacial score (nSPS) is 12.1. The van der Waals surface area contributed by atoms with Gasteiger partial charge < -0.3 is 4.42 Å². The van der Waals surface area contributed by atoms with Gasteiger partial charge in [-0.1, -0.05) is 158 Å². The maximum atomic E-state index is 6.45. The molecule has 0 saturated carbocycles. The van der Waals surface area contributed by atoms with Gasteiger partial charge in [0, 0.05) is 26.2 Å². The third-order valence-electron chi connectivity index (χ3n) is 12.4. The molecule has 11 aromatic carbocycles. The maximum Gasteiger partial charge on any atom is 0.153 e. The third kappa shape index (κ3) is 4.58. The van der Waals surface area contributed by atoms with Crippen LogP contribution in [0, 0.1) is 0 Å². The van der Waals surface area contributed by atoms with E-state index < -0.39 is 0 Å². The number of para-hydroxylation sites is 1. The van der Waals surface area contributed by atoms with E-state index in [1.807, 2.05) is 17.4 Å². The van der Waals surface area contributed by atoms with Crippen LogP contribution in [0.5, 0.6) is 0 Å². The SMILES string of the molecule is c1ccc2cc(-c3c4ccccc4c(-c4ccc(-c5ccc6cc7sc8c(ccc9c%10ccccc%10oc98)c7cc6c5)c5ccccc45)c4ccccc34)ccc2c1. The van der Waals surface area contributed by atoms with Crippen LogP contribution in [0.25, 0.3) is 129 Å². The van der Waals surface area contributed by atoms with Crippen molar-refractivity contribution in [1.82, 2.24) is 0 Å². The van der Waals surface area contributed by atoms with E-state index in [1.54, 1.807) is 0 Å². The van der Waals surface area contributed by atoms with E-state index in [-0.39, 0.29) is 0 Å². The fourth-order valence-electron chi connectivity index (χ4n) is 9.77. The highest BCUT2D eigenvalue weighted by atomic mass is 32.1. The van der Waals surface area contributed by atoms with Crippen molar-refractivity contribution in [2.45, 2.75) is 0 Å². The van der Waals surface area contributed by atoms with Gasteiger partial charge in [0.1, 0.15) is 5.58 Å². The van der Waals surface area contributed by atoms with Crippen LogP contribution in [0.4, 0.5) is 0 Å². The highest BCUT2D eigenvalue weighted by Crippen LogP contribution is 2.48. The average Bonchev–Trinajstić information content (AvgIpc) is 3.85. The Kier molecular flexibility index (Phi) is 6.66. The molecule has 0 saturated heterocycles. The lowest BCUT2D eigenvalue weighted by molar-refractivity contribution is 0.673. The summed E-state index contributed by atoms with van der Waals surface area (Å²) in [6, 6.07) is 71.7. The van der Waals surface area contributed by atoms with Gasteiger partial charge in [0.25, 0.3) is 0 Å². The number of furan rings is 1. The first-order valence-corrected chi connectivity index (χ1v) is 20.7. The van der Waals surface area contributed by atoms with Crippen LogP contribution in [0.2, 0.25) is 0 Å². The van der Waals surface area contributed by atoms with Gasteiger partial charge in [-0.2, -0.15) is 0 Å². The van der Waals surface area contributed by atoms with Crippen molar-refractivity contribution in [3.63, 3.8) is 0 Å². The lowest BCUT2D eigenvalue weighted by Crippen LogP contribution is -1.92. The minimum Gasteiger partial charge on any atom is -0.455 e. The van der Waals surface area contributed by atoms with Crippen LogP contribution >= 0.6 is 11.3 Å². The average molecular weight is 753 g/mol. The maximum absolute atomic E-state index is 6.45. The Bertz CT molecular complexity index is 3810. The van der Waals surface area contributed by atoms with Crippen LogP contribution in [0.1, 0.15) is 0 Å². The second-order valence-corrected chi connectivity index (χ2v) is 16.6.